The number of fused-ring (bicyclic) bond motifs is 5. The first-order valence-corrected chi connectivity index (χ1v) is 11.9. The minimum Gasteiger partial charge on any atom is -0.462 e. The number of allylic oxidation sites excluding steroid dienone is 4. The Kier molecular flexibility index (Phi) is 5.27. The Hall–Kier alpha value is -1.51. The second-order valence-electron chi connectivity index (χ2n) is 9.33. The number of rotatable bonds is 3. The van der Waals surface area contributed by atoms with Crippen LogP contribution in [0.2, 0.25) is 0 Å². The van der Waals surface area contributed by atoms with E-state index >= 15 is 0 Å². The first-order chi connectivity index (χ1) is 13.9. The Morgan fingerprint density at radius 3 is 2.57 bits per heavy atom. The molecule has 2 fully saturated rings. The molecule has 0 amide bonds. The van der Waals surface area contributed by atoms with Gasteiger partial charge in [-0.05, 0) is 73.8 Å². The largest absolute Gasteiger partial charge is 0.534 e. The average molecular weight is 449 g/mol. The summed E-state index contributed by atoms with van der Waals surface area (Å²) in [5.74, 6) is 1.15. The molecule has 0 aliphatic heterocycles. The van der Waals surface area contributed by atoms with E-state index in [0.29, 0.717) is 24.2 Å². The Bertz CT molecular complexity index is 891. The normalized spacial score (nSPS) is 38.5. The molecule has 9 heteroatoms. The minimum atomic E-state index is -5.63. The first-order valence-electron chi connectivity index (χ1n) is 10.5. The molecule has 0 radical (unpaired) electrons. The lowest BCUT2D eigenvalue weighted by Crippen LogP contribution is -2.47. The molecule has 4 aliphatic carbocycles. The third-order valence-electron chi connectivity index (χ3n) is 7.81. The van der Waals surface area contributed by atoms with Crippen molar-refractivity contribution in [3.63, 3.8) is 0 Å². The van der Waals surface area contributed by atoms with Gasteiger partial charge in [0.2, 0.25) is 0 Å². The van der Waals surface area contributed by atoms with E-state index in [9.17, 15) is 26.4 Å². The Balaban J connectivity index is 1.53. The van der Waals surface area contributed by atoms with Gasteiger partial charge in [0.05, 0.1) is 0 Å². The zero-order valence-electron chi connectivity index (χ0n) is 17.1. The minimum absolute atomic E-state index is 0.0300. The fourth-order valence-electron chi connectivity index (χ4n) is 6.53. The first kappa shape index (κ1) is 21.7. The lowest BCUT2D eigenvalue weighted by Gasteiger charge is -2.52. The fourth-order valence-corrected chi connectivity index (χ4v) is 7.04. The van der Waals surface area contributed by atoms with E-state index in [1.54, 1.807) is 0 Å². The number of halogens is 3. The van der Waals surface area contributed by atoms with Crippen molar-refractivity contribution in [1.82, 2.24) is 0 Å². The second kappa shape index (κ2) is 7.28. The molecule has 0 spiro atoms. The van der Waals surface area contributed by atoms with Crippen LogP contribution in [0.4, 0.5) is 13.2 Å². The average Bonchev–Trinajstić information content (AvgIpc) is 2.96. The fraction of sp³-hybridized carbons (Fsp3) is 0.762. The summed E-state index contributed by atoms with van der Waals surface area (Å²) in [6.45, 7) is 3.67. The van der Waals surface area contributed by atoms with Gasteiger partial charge in [-0.2, -0.15) is 21.6 Å². The second-order valence-corrected chi connectivity index (χ2v) is 10.9. The van der Waals surface area contributed by atoms with Crippen molar-refractivity contribution in [2.24, 2.45) is 29.1 Å². The number of carbonyl (C=O) groups excluding carboxylic acids is 1. The van der Waals surface area contributed by atoms with E-state index in [4.69, 9.17) is 4.74 Å². The lowest BCUT2D eigenvalue weighted by atomic mass is 9.53. The number of esters is 1. The maximum Gasteiger partial charge on any atom is 0.534 e. The van der Waals surface area contributed by atoms with Crippen LogP contribution in [0.25, 0.3) is 0 Å². The predicted octanol–water partition coefficient (Wildman–Crippen LogP) is 4.85. The number of ether oxygens (including phenoxy) is 1. The van der Waals surface area contributed by atoms with Gasteiger partial charge in [0, 0.05) is 18.8 Å². The number of hydrogen-bond acceptors (Lipinski definition) is 5. The van der Waals surface area contributed by atoms with Gasteiger partial charge in [-0.15, -0.1) is 0 Å². The Morgan fingerprint density at radius 2 is 1.90 bits per heavy atom. The van der Waals surface area contributed by atoms with Gasteiger partial charge in [-0.3, -0.25) is 4.79 Å². The summed E-state index contributed by atoms with van der Waals surface area (Å²) in [5.41, 5.74) is -4.56. The van der Waals surface area contributed by atoms with Crippen LogP contribution in [0.15, 0.2) is 23.5 Å². The van der Waals surface area contributed by atoms with E-state index in [1.165, 1.54) is 13.0 Å². The highest BCUT2D eigenvalue weighted by Crippen LogP contribution is 2.61. The van der Waals surface area contributed by atoms with Gasteiger partial charge in [0.25, 0.3) is 0 Å². The molecule has 0 saturated heterocycles. The molecule has 4 aliphatic rings. The molecule has 6 atom stereocenters. The highest BCUT2D eigenvalue weighted by molar-refractivity contribution is 7.87. The summed E-state index contributed by atoms with van der Waals surface area (Å²) in [4.78, 5) is 11.5. The van der Waals surface area contributed by atoms with Crippen molar-refractivity contribution < 1.29 is 35.3 Å². The summed E-state index contributed by atoms with van der Waals surface area (Å²) in [5, 5.41) is 0. The van der Waals surface area contributed by atoms with E-state index in [2.05, 4.69) is 11.1 Å². The summed E-state index contributed by atoms with van der Waals surface area (Å²) in [7, 11) is -5.63. The van der Waals surface area contributed by atoms with Crippen LogP contribution in [0.3, 0.4) is 0 Å². The highest BCUT2D eigenvalue weighted by Gasteiger charge is 2.57. The van der Waals surface area contributed by atoms with E-state index in [0.717, 1.165) is 37.7 Å². The van der Waals surface area contributed by atoms with Crippen LogP contribution >= 0.6 is 0 Å². The Morgan fingerprint density at radius 1 is 1.17 bits per heavy atom. The molecule has 0 heterocycles. The molecule has 0 aromatic carbocycles. The van der Waals surface area contributed by atoms with Crippen LogP contribution in [0.1, 0.15) is 58.8 Å². The van der Waals surface area contributed by atoms with Crippen LogP contribution in [-0.4, -0.2) is 26.0 Å². The SMILES string of the molecule is CC(=O)OC1CCC2C3CC=C4C=C(OS(=O)(=O)C(F)(F)F)CCC4C3CCC12C. The summed E-state index contributed by atoms with van der Waals surface area (Å²) < 4.78 is 70.6. The molecule has 0 aromatic rings. The molecule has 6 unspecified atom stereocenters. The van der Waals surface area contributed by atoms with Crippen LogP contribution in [0, 0.1) is 29.1 Å². The topological polar surface area (TPSA) is 69.7 Å². The molecular formula is C21H27F3O5S. The van der Waals surface area contributed by atoms with Gasteiger partial charge in [-0.1, -0.05) is 13.0 Å². The van der Waals surface area contributed by atoms with Crippen molar-refractivity contribution in [3.05, 3.63) is 23.5 Å². The standard InChI is InChI=1S/C21H27F3O5S/c1-12(25)28-19-8-7-18-17-5-3-13-11-14(29-30(26,27)21(22,23)24)4-6-15(13)16(17)9-10-20(18,19)2/h3,11,15-19H,4-10H2,1-2H3. The maximum atomic E-state index is 12.6. The van der Waals surface area contributed by atoms with Gasteiger partial charge < -0.3 is 8.92 Å². The van der Waals surface area contributed by atoms with Crippen LogP contribution in [0.5, 0.6) is 0 Å². The zero-order chi connectivity index (χ0) is 21.9. The summed E-state index contributed by atoms with van der Waals surface area (Å²) >= 11 is 0. The molecule has 30 heavy (non-hydrogen) atoms. The molecule has 2 saturated carbocycles. The van der Waals surface area contributed by atoms with Gasteiger partial charge in [0.1, 0.15) is 11.9 Å². The molecular weight excluding hydrogens is 421 g/mol. The molecule has 0 aromatic heterocycles. The molecule has 0 bridgehead atoms. The van der Waals surface area contributed by atoms with Gasteiger partial charge >= 0.3 is 21.6 Å². The van der Waals surface area contributed by atoms with Gasteiger partial charge in [-0.25, -0.2) is 0 Å². The monoisotopic (exact) mass is 448 g/mol. The maximum absolute atomic E-state index is 12.6. The van der Waals surface area contributed by atoms with Crippen LogP contribution < -0.4 is 0 Å². The van der Waals surface area contributed by atoms with Crippen molar-refractivity contribution in [1.29, 1.82) is 0 Å². The van der Waals surface area contributed by atoms with E-state index < -0.39 is 15.6 Å². The van der Waals surface area contributed by atoms with E-state index in [-0.39, 0.29) is 35.6 Å². The molecule has 4 rings (SSSR count). The van der Waals surface area contributed by atoms with Crippen molar-refractivity contribution >= 4 is 16.1 Å². The highest BCUT2D eigenvalue weighted by atomic mass is 32.2. The van der Waals surface area contributed by atoms with Crippen molar-refractivity contribution in [2.75, 3.05) is 0 Å². The zero-order valence-corrected chi connectivity index (χ0v) is 17.9. The smallest absolute Gasteiger partial charge is 0.462 e. The predicted molar refractivity (Wildman–Crippen MR) is 102 cm³/mol. The number of carbonyl (C=O) groups is 1. The molecule has 0 N–H and O–H groups in total. The molecule has 168 valence electrons. The van der Waals surface area contributed by atoms with Crippen molar-refractivity contribution in [2.45, 2.75) is 70.4 Å². The lowest BCUT2D eigenvalue weighted by molar-refractivity contribution is -0.155. The van der Waals surface area contributed by atoms with Crippen molar-refractivity contribution in [3.8, 4) is 0 Å². The van der Waals surface area contributed by atoms with Gasteiger partial charge in [0.15, 0.2) is 0 Å². The third kappa shape index (κ3) is 3.56. The number of hydrogen-bond donors (Lipinski definition) is 0. The number of alkyl halides is 3. The van der Waals surface area contributed by atoms with Crippen LogP contribution in [-0.2, 0) is 23.8 Å². The van der Waals surface area contributed by atoms with E-state index in [1.807, 2.05) is 6.08 Å². The molecule has 5 nitrogen and oxygen atoms in total. The summed E-state index contributed by atoms with van der Waals surface area (Å²) in [6, 6.07) is 0. The Labute approximate surface area is 174 Å². The third-order valence-corrected chi connectivity index (χ3v) is 8.81. The quantitative estimate of drug-likeness (QED) is 0.351. The summed E-state index contributed by atoms with van der Waals surface area (Å²) in [6.07, 6.45) is 8.87.